The van der Waals surface area contributed by atoms with Gasteiger partial charge in [0.1, 0.15) is 11.9 Å². The number of allylic oxidation sites excluding steroid dienone is 2. The first-order valence-electron chi connectivity index (χ1n) is 15.7. The molecule has 2 aliphatic carbocycles. The van der Waals surface area contributed by atoms with E-state index in [4.69, 9.17) is 0 Å². The Morgan fingerprint density at radius 2 is 1.71 bits per heavy atom. The van der Waals surface area contributed by atoms with Gasteiger partial charge in [-0.3, -0.25) is 4.79 Å². The van der Waals surface area contributed by atoms with Crippen molar-refractivity contribution in [2.45, 2.75) is 139 Å². The maximum absolute atomic E-state index is 13.3. The fourth-order valence-corrected chi connectivity index (χ4v) is 8.76. The number of rotatable bonds is 12. The van der Waals surface area contributed by atoms with Gasteiger partial charge in [0, 0.05) is 17.3 Å². The van der Waals surface area contributed by atoms with E-state index in [9.17, 15) is 14.9 Å². The summed E-state index contributed by atoms with van der Waals surface area (Å²) in [6.07, 6.45) is 10.5. The number of aromatic nitrogens is 4. The van der Waals surface area contributed by atoms with Crippen LogP contribution < -0.4 is 0 Å². The van der Waals surface area contributed by atoms with Crippen LogP contribution in [0.25, 0.3) is 0 Å². The largest absolute Gasteiger partial charge is 0.300 e. The van der Waals surface area contributed by atoms with Crippen molar-refractivity contribution < 1.29 is 9.59 Å². The minimum atomic E-state index is -0.641. The number of tetrazole rings is 1. The lowest BCUT2D eigenvalue weighted by atomic mass is 9.39. The molecule has 7 heteroatoms. The number of carbonyl (C=O) groups excluding carboxylic acids is 2. The van der Waals surface area contributed by atoms with Crippen LogP contribution in [-0.4, -0.2) is 32.2 Å². The van der Waals surface area contributed by atoms with Gasteiger partial charge in [-0.25, -0.2) is 0 Å². The Hall–Kier alpha value is -2.36. The maximum Gasteiger partial charge on any atom is 0.180 e. The molecule has 3 rings (SSSR count). The highest BCUT2D eigenvalue weighted by atomic mass is 16.1. The van der Waals surface area contributed by atoms with E-state index in [1.165, 1.54) is 12.8 Å². The van der Waals surface area contributed by atoms with Crippen LogP contribution in [0.15, 0.2) is 11.6 Å². The molecule has 7 nitrogen and oxygen atoms in total. The second kappa shape index (κ2) is 11.4. The van der Waals surface area contributed by atoms with E-state index in [-0.39, 0.29) is 50.6 Å². The average Bonchev–Trinajstić information content (AvgIpc) is 3.42. The monoisotopic (exact) mass is 565 g/mol. The van der Waals surface area contributed by atoms with Gasteiger partial charge in [0.25, 0.3) is 0 Å². The quantitative estimate of drug-likeness (QED) is 0.275. The summed E-state index contributed by atoms with van der Waals surface area (Å²) in [5, 5.41) is 25.5. The number of nitrogens with one attached hydrogen (secondary N) is 1. The van der Waals surface area contributed by atoms with E-state index in [0.717, 1.165) is 44.3 Å². The molecule has 1 saturated carbocycles. The highest BCUT2D eigenvalue weighted by Crippen LogP contribution is 2.68. The predicted octanol–water partition coefficient (Wildman–Crippen LogP) is 7.95. The lowest BCUT2D eigenvalue weighted by Crippen LogP contribution is -2.60. The Kier molecular flexibility index (Phi) is 9.20. The third kappa shape index (κ3) is 6.09. The Morgan fingerprint density at radius 1 is 1.07 bits per heavy atom. The minimum absolute atomic E-state index is 0.0110. The van der Waals surface area contributed by atoms with Crippen LogP contribution in [0.4, 0.5) is 0 Å². The van der Waals surface area contributed by atoms with E-state index < -0.39 is 10.8 Å². The minimum Gasteiger partial charge on any atom is -0.300 e. The molecule has 0 saturated heterocycles. The van der Waals surface area contributed by atoms with Crippen LogP contribution >= 0.6 is 0 Å². The van der Waals surface area contributed by atoms with Gasteiger partial charge in [0.05, 0.1) is 5.57 Å². The first-order valence-corrected chi connectivity index (χ1v) is 15.7. The molecule has 0 spiro atoms. The zero-order valence-electron chi connectivity index (χ0n) is 27.7. The van der Waals surface area contributed by atoms with Crippen molar-refractivity contribution in [2.24, 2.45) is 38.9 Å². The molecule has 1 fully saturated rings. The summed E-state index contributed by atoms with van der Waals surface area (Å²) in [6, 6.07) is 2.21. The van der Waals surface area contributed by atoms with Crippen LogP contribution in [0.3, 0.4) is 0 Å². The summed E-state index contributed by atoms with van der Waals surface area (Å²) < 4.78 is 0. The summed E-state index contributed by atoms with van der Waals surface area (Å²) >= 11 is 0. The highest BCUT2D eigenvalue weighted by molar-refractivity contribution is 6.04. The summed E-state index contributed by atoms with van der Waals surface area (Å²) in [5.74, 6) is 0.968. The van der Waals surface area contributed by atoms with E-state index in [2.05, 4.69) is 82.1 Å². The zero-order chi connectivity index (χ0) is 31.1. The van der Waals surface area contributed by atoms with Crippen molar-refractivity contribution in [3.05, 3.63) is 17.5 Å². The summed E-state index contributed by atoms with van der Waals surface area (Å²) in [5.41, 5.74) is -1.11. The van der Waals surface area contributed by atoms with Gasteiger partial charge in [-0.2, -0.15) is 10.5 Å². The van der Waals surface area contributed by atoms with Crippen molar-refractivity contribution in [3.63, 3.8) is 0 Å². The van der Waals surface area contributed by atoms with Crippen LogP contribution in [0, 0.1) is 50.2 Å². The van der Waals surface area contributed by atoms with E-state index in [0.29, 0.717) is 6.42 Å². The molecule has 0 aromatic carbocycles. The van der Waals surface area contributed by atoms with Crippen LogP contribution in [0.2, 0.25) is 0 Å². The number of H-pyrrole nitrogens is 1. The molecule has 2 aliphatic rings. The Balaban J connectivity index is 2.00. The fourth-order valence-electron chi connectivity index (χ4n) is 8.76. The molecule has 1 aromatic rings. The van der Waals surface area contributed by atoms with Gasteiger partial charge in [0.15, 0.2) is 11.6 Å². The summed E-state index contributed by atoms with van der Waals surface area (Å²) in [7, 11) is 0. The maximum atomic E-state index is 13.3. The molecular formula is C34H55N5O2. The zero-order valence-corrected chi connectivity index (χ0v) is 27.7. The van der Waals surface area contributed by atoms with Gasteiger partial charge in [-0.05, 0) is 85.4 Å². The van der Waals surface area contributed by atoms with Gasteiger partial charge >= 0.3 is 0 Å². The number of hydrogen-bond donors (Lipinski definition) is 1. The summed E-state index contributed by atoms with van der Waals surface area (Å²) in [6.45, 7) is 24.2. The van der Waals surface area contributed by atoms with Crippen molar-refractivity contribution in [3.8, 4) is 6.07 Å². The van der Waals surface area contributed by atoms with E-state index in [1.54, 1.807) is 6.92 Å². The molecule has 0 amide bonds. The van der Waals surface area contributed by atoms with Crippen LogP contribution in [0.5, 0.6) is 0 Å². The molecule has 5 atom stereocenters. The molecule has 1 heterocycles. The molecule has 41 heavy (non-hydrogen) atoms. The number of fused-ring (bicyclic) bond motifs is 1. The van der Waals surface area contributed by atoms with Gasteiger partial charge < -0.3 is 4.79 Å². The lowest BCUT2D eigenvalue weighted by Gasteiger charge is -2.64. The van der Waals surface area contributed by atoms with Crippen molar-refractivity contribution in [1.29, 1.82) is 5.26 Å². The van der Waals surface area contributed by atoms with E-state index >= 15 is 0 Å². The second-order valence-electron chi connectivity index (χ2n) is 16.1. The van der Waals surface area contributed by atoms with E-state index in [1.807, 2.05) is 19.9 Å². The second-order valence-corrected chi connectivity index (χ2v) is 16.1. The summed E-state index contributed by atoms with van der Waals surface area (Å²) in [4.78, 5) is 26.1. The van der Waals surface area contributed by atoms with Crippen LogP contribution in [-0.2, 0) is 15.0 Å². The molecule has 0 aliphatic heterocycles. The molecule has 1 N–H and O–H groups in total. The molecule has 1 aromatic heterocycles. The highest BCUT2D eigenvalue weighted by Gasteiger charge is 2.63. The number of ketones is 2. The van der Waals surface area contributed by atoms with Gasteiger partial charge in [-0.15, -0.1) is 10.2 Å². The Labute approximate surface area is 248 Å². The van der Waals surface area contributed by atoms with Gasteiger partial charge in [0.2, 0.25) is 0 Å². The van der Waals surface area contributed by atoms with Crippen molar-refractivity contribution in [2.75, 3.05) is 0 Å². The SMILES string of the molecule is CCCC(C)(C)CC[C@@](C)(CCC(C)(C)[C@]1(C)CC[C@H]2C(C)(C)C(=O)C(C#N)=C[C@]2(C)[C@H]1CC(C)=O)c1nn[nH]n1. The standard InChI is InChI=1S/C34H55N5O2/c1-12-14-29(3,4)16-18-32(9,28-36-38-39-37-28)19-17-30(5,6)34(11)15-13-25-31(7,8)27(41)24(22-35)21-33(25,10)26(34)20-23(2)40/h21,25-26H,12-20H2,1-11H3,(H,36,37,38,39)/t25-,26+,32-,33-,34+/m0/s1. The first kappa shape index (κ1) is 33.1. The average molecular weight is 566 g/mol. The predicted molar refractivity (Wildman–Crippen MR) is 163 cm³/mol. The molecule has 228 valence electrons. The Morgan fingerprint density at radius 3 is 2.24 bits per heavy atom. The lowest BCUT2D eigenvalue weighted by molar-refractivity contribution is -0.155. The number of hydrogen-bond acceptors (Lipinski definition) is 6. The molecule has 0 radical (unpaired) electrons. The Bertz CT molecular complexity index is 1190. The smallest absolute Gasteiger partial charge is 0.180 e. The molecule has 0 bridgehead atoms. The van der Waals surface area contributed by atoms with Gasteiger partial charge in [-0.1, -0.05) is 86.9 Å². The van der Waals surface area contributed by atoms with Crippen molar-refractivity contribution in [1.82, 2.24) is 20.6 Å². The third-order valence-electron chi connectivity index (χ3n) is 12.0. The molecular weight excluding hydrogens is 510 g/mol. The number of nitrogens with zero attached hydrogens (tertiary/aromatic N) is 4. The number of aromatic amines is 1. The number of carbonyl (C=O) groups is 2. The topological polar surface area (TPSA) is 112 Å². The fraction of sp³-hybridized carbons (Fsp3) is 0.824. The van der Waals surface area contributed by atoms with Crippen LogP contribution in [0.1, 0.15) is 140 Å². The third-order valence-corrected chi connectivity index (χ3v) is 12.0. The number of nitriles is 1. The normalized spacial score (nSPS) is 29.7. The first-order chi connectivity index (χ1) is 18.8. The molecule has 0 unspecified atom stereocenters. The number of Topliss-reactive ketones (excluding diaryl/α,β-unsaturated/α-hetero) is 2. The van der Waals surface area contributed by atoms with Crippen molar-refractivity contribution >= 4 is 11.6 Å².